The lowest BCUT2D eigenvalue weighted by atomic mass is 10.1. The first-order valence-corrected chi connectivity index (χ1v) is 9.85. The standard InChI is InChI=1S/C20H35N5O/c1-4-21-20(22-11-10-18-6-8-19(26-3)9-7-18)23-12-13-25-16-14-24(5-2)15-17-25/h6-9H,4-5,10-17H2,1-3H3,(H2,21,22,23). The van der Waals surface area contributed by atoms with E-state index in [1.807, 2.05) is 12.1 Å². The van der Waals surface area contributed by atoms with Crippen LogP contribution in [0.1, 0.15) is 19.4 Å². The molecular weight excluding hydrogens is 326 g/mol. The predicted octanol–water partition coefficient (Wildman–Crippen LogP) is 1.43. The van der Waals surface area contributed by atoms with Crippen LogP contribution >= 0.6 is 0 Å². The number of hydrogen-bond acceptors (Lipinski definition) is 4. The molecule has 0 bridgehead atoms. The third-order valence-electron chi connectivity index (χ3n) is 4.81. The van der Waals surface area contributed by atoms with E-state index in [0.717, 1.165) is 63.9 Å². The first-order chi connectivity index (χ1) is 12.7. The molecule has 0 aliphatic carbocycles. The summed E-state index contributed by atoms with van der Waals surface area (Å²) in [4.78, 5) is 9.74. The maximum atomic E-state index is 5.20. The van der Waals surface area contributed by atoms with Crippen LogP contribution in [0.25, 0.3) is 0 Å². The van der Waals surface area contributed by atoms with Crippen LogP contribution in [-0.4, -0.2) is 81.8 Å². The van der Waals surface area contributed by atoms with Gasteiger partial charge in [0, 0.05) is 45.8 Å². The largest absolute Gasteiger partial charge is 0.497 e. The van der Waals surface area contributed by atoms with Crippen molar-refractivity contribution in [3.05, 3.63) is 29.8 Å². The van der Waals surface area contributed by atoms with E-state index in [0.29, 0.717) is 0 Å². The van der Waals surface area contributed by atoms with Crippen LogP contribution in [0.2, 0.25) is 0 Å². The Labute approximate surface area is 158 Å². The van der Waals surface area contributed by atoms with Crippen molar-refractivity contribution in [2.45, 2.75) is 20.3 Å². The van der Waals surface area contributed by atoms with Crippen LogP contribution in [0.15, 0.2) is 29.3 Å². The first kappa shape index (κ1) is 20.5. The van der Waals surface area contributed by atoms with E-state index in [1.54, 1.807) is 7.11 Å². The van der Waals surface area contributed by atoms with Gasteiger partial charge < -0.3 is 20.3 Å². The minimum absolute atomic E-state index is 0.837. The Hall–Kier alpha value is -1.79. The van der Waals surface area contributed by atoms with Crippen LogP contribution in [0.3, 0.4) is 0 Å². The molecule has 146 valence electrons. The average molecular weight is 362 g/mol. The van der Waals surface area contributed by atoms with Gasteiger partial charge in [-0.15, -0.1) is 0 Å². The molecule has 6 nitrogen and oxygen atoms in total. The van der Waals surface area contributed by atoms with Gasteiger partial charge in [0.1, 0.15) is 5.75 Å². The monoisotopic (exact) mass is 361 g/mol. The summed E-state index contributed by atoms with van der Waals surface area (Å²) < 4.78 is 5.20. The Bertz CT molecular complexity index is 524. The second-order valence-corrected chi connectivity index (χ2v) is 6.56. The van der Waals surface area contributed by atoms with Gasteiger partial charge in [-0.2, -0.15) is 0 Å². The van der Waals surface area contributed by atoms with Crippen molar-refractivity contribution in [2.75, 3.05) is 66.0 Å². The quantitative estimate of drug-likeness (QED) is 0.515. The minimum Gasteiger partial charge on any atom is -0.497 e. The van der Waals surface area contributed by atoms with Crippen molar-refractivity contribution in [3.8, 4) is 5.75 Å². The Balaban J connectivity index is 1.70. The molecule has 1 aromatic carbocycles. The summed E-state index contributed by atoms with van der Waals surface area (Å²) in [5.74, 6) is 1.81. The molecule has 1 saturated heterocycles. The molecule has 2 rings (SSSR count). The number of nitrogens with one attached hydrogen (secondary N) is 2. The molecule has 0 spiro atoms. The molecule has 1 aliphatic heterocycles. The number of piperazine rings is 1. The molecule has 1 aliphatic rings. The zero-order chi connectivity index (χ0) is 18.6. The van der Waals surface area contributed by atoms with Gasteiger partial charge in [0.25, 0.3) is 0 Å². The first-order valence-electron chi connectivity index (χ1n) is 9.85. The molecule has 1 fully saturated rings. The summed E-state index contributed by atoms with van der Waals surface area (Å²) in [5, 5.41) is 6.77. The number of aliphatic imine (C=N–C) groups is 1. The summed E-state index contributed by atoms with van der Waals surface area (Å²) in [5.41, 5.74) is 1.29. The zero-order valence-corrected chi connectivity index (χ0v) is 16.6. The molecule has 2 N–H and O–H groups in total. The molecule has 6 heteroatoms. The van der Waals surface area contributed by atoms with E-state index in [2.05, 4.69) is 46.4 Å². The van der Waals surface area contributed by atoms with Crippen molar-refractivity contribution >= 4 is 5.96 Å². The van der Waals surface area contributed by atoms with E-state index in [1.165, 1.54) is 18.7 Å². The molecule has 0 saturated carbocycles. The Morgan fingerprint density at radius 3 is 2.35 bits per heavy atom. The highest BCUT2D eigenvalue weighted by molar-refractivity contribution is 5.79. The number of guanidine groups is 1. The van der Waals surface area contributed by atoms with Gasteiger partial charge >= 0.3 is 0 Å². The normalized spacial score (nSPS) is 16.5. The van der Waals surface area contributed by atoms with Gasteiger partial charge in [-0.05, 0) is 37.6 Å². The van der Waals surface area contributed by atoms with Crippen molar-refractivity contribution in [3.63, 3.8) is 0 Å². The van der Waals surface area contributed by atoms with Crippen molar-refractivity contribution in [1.82, 2.24) is 20.4 Å². The van der Waals surface area contributed by atoms with Crippen molar-refractivity contribution in [1.29, 1.82) is 0 Å². The Kier molecular flexibility index (Phi) is 9.28. The van der Waals surface area contributed by atoms with E-state index in [4.69, 9.17) is 9.73 Å². The number of hydrogen-bond donors (Lipinski definition) is 2. The van der Waals surface area contributed by atoms with Crippen LogP contribution in [0, 0.1) is 0 Å². The molecule has 0 atom stereocenters. The molecular formula is C20H35N5O. The van der Waals surface area contributed by atoms with Gasteiger partial charge in [0.15, 0.2) is 5.96 Å². The minimum atomic E-state index is 0.837. The number of benzene rings is 1. The lowest BCUT2D eigenvalue weighted by Gasteiger charge is -2.33. The van der Waals surface area contributed by atoms with E-state index in [9.17, 15) is 0 Å². The SMILES string of the molecule is CCNC(=NCCN1CCN(CC)CC1)NCCc1ccc(OC)cc1. The number of nitrogens with zero attached hydrogens (tertiary/aromatic N) is 3. The number of methoxy groups -OCH3 is 1. The molecule has 0 unspecified atom stereocenters. The highest BCUT2D eigenvalue weighted by Crippen LogP contribution is 2.11. The van der Waals surface area contributed by atoms with Gasteiger partial charge in [-0.3, -0.25) is 9.89 Å². The van der Waals surface area contributed by atoms with E-state index in [-0.39, 0.29) is 0 Å². The Morgan fingerprint density at radius 2 is 1.73 bits per heavy atom. The third-order valence-corrected chi connectivity index (χ3v) is 4.81. The molecule has 0 aromatic heterocycles. The fourth-order valence-electron chi connectivity index (χ4n) is 3.09. The maximum absolute atomic E-state index is 5.20. The van der Waals surface area contributed by atoms with Crippen molar-refractivity contribution < 1.29 is 4.74 Å². The highest BCUT2D eigenvalue weighted by Gasteiger charge is 2.14. The van der Waals surface area contributed by atoms with Gasteiger partial charge in [0.2, 0.25) is 0 Å². The summed E-state index contributed by atoms with van der Waals surface area (Å²) in [6.45, 7) is 13.8. The van der Waals surface area contributed by atoms with E-state index >= 15 is 0 Å². The molecule has 0 radical (unpaired) electrons. The van der Waals surface area contributed by atoms with Crippen molar-refractivity contribution in [2.24, 2.45) is 4.99 Å². The lowest BCUT2D eigenvalue weighted by molar-refractivity contribution is 0.140. The lowest BCUT2D eigenvalue weighted by Crippen LogP contribution is -2.47. The second kappa shape index (κ2) is 11.8. The smallest absolute Gasteiger partial charge is 0.191 e. The predicted molar refractivity (Wildman–Crippen MR) is 109 cm³/mol. The van der Waals surface area contributed by atoms with Crippen LogP contribution < -0.4 is 15.4 Å². The van der Waals surface area contributed by atoms with Crippen LogP contribution in [0.5, 0.6) is 5.75 Å². The summed E-state index contributed by atoms with van der Waals surface area (Å²) in [6.07, 6.45) is 0.966. The summed E-state index contributed by atoms with van der Waals surface area (Å²) in [7, 11) is 1.69. The fraction of sp³-hybridized carbons (Fsp3) is 0.650. The third kappa shape index (κ3) is 7.22. The highest BCUT2D eigenvalue weighted by atomic mass is 16.5. The molecule has 1 heterocycles. The molecule has 0 amide bonds. The molecule has 1 aromatic rings. The zero-order valence-electron chi connectivity index (χ0n) is 16.6. The van der Waals surface area contributed by atoms with Gasteiger partial charge in [-0.1, -0.05) is 19.1 Å². The average Bonchev–Trinajstić information content (AvgIpc) is 2.69. The summed E-state index contributed by atoms with van der Waals surface area (Å²) >= 11 is 0. The summed E-state index contributed by atoms with van der Waals surface area (Å²) in [6, 6.07) is 8.24. The Morgan fingerprint density at radius 1 is 1.04 bits per heavy atom. The molecule has 26 heavy (non-hydrogen) atoms. The van der Waals surface area contributed by atoms with Crippen LogP contribution in [-0.2, 0) is 6.42 Å². The number of ether oxygens (including phenoxy) is 1. The second-order valence-electron chi connectivity index (χ2n) is 6.56. The van der Waals surface area contributed by atoms with E-state index < -0.39 is 0 Å². The number of rotatable bonds is 9. The maximum Gasteiger partial charge on any atom is 0.191 e. The fourth-order valence-corrected chi connectivity index (χ4v) is 3.09. The van der Waals surface area contributed by atoms with Gasteiger partial charge in [-0.25, -0.2) is 0 Å². The van der Waals surface area contributed by atoms with Crippen LogP contribution in [0.4, 0.5) is 0 Å². The number of likely N-dealkylation sites (N-methyl/N-ethyl adjacent to an activating group) is 1. The van der Waals surface area contributed by atoms with Gasteiger partial charge in [0.05, 0.1) is 13.7 Å². The topological polar surface area (TPSA) is 52.1 Å².